The number of aliphatic carboxylic acids is 1. The summed E-state index contributed by atoms with van der Waals surface area (Å²) < 4.78 is 6.53. The van der Waals surface area contributed by atoms with Crippen LogP contribution in [0.2, 0.25) is 0 Å². The molecule has 1 unspecified atom stereocenters. The Kier molecular flexibility index (Phi) is 3.29. The Bertz CT molecular complexity index is 946. The molecule has 0 bridgehead atoms. The maximum atomic E-state index is 12.5. The van der Waals surface area contributed by atoms with Crippen molar-refractivity contribution in [2.75, 3.05) is 7.11 Å². The minimum absolute atomic E-state index is 0.214. The van der Waals surface area contributed by atoms with Crippen molar-refractivity contribution < 1.29 is 14.6 Å². The Balaban J connectivity index is 2.29. The average molecular weight is 298 g/mol. The van der Waals surface area contributed by atoms with Gasteiger partial charge in [-0.25, -0.2) is 4.98 Å². The molecule has 0 saturated carbocycles. The van der Waals surface area contributed by atoms with Gasteiger partial charge in [-0.2, -0.15) is 0 Å². The monoisotopic (exact) mass is 298 g/mol. The van der Waals surface area contributed by atoms with Gasteiger partial charge in [-0.3, -0.25) is 14.0 Å². The number of pyridine rings is 1. The molecule has 0 aliphatic carbocycles. The standard InChI is InChI=1S/C16H14N2O4/c1-9(16(20)21)10-5-6-18-14(7-10)17-13-4-3-11(22-2)8-12(13)15(18)19/h3-9H,1-2H3,(H,20,21). The van der Waals surface area contributed by atoms with Gasteiger partial charge >= 0.3 is 5.97 Å². The lowest BCUT2D eigenvalue weighted by molar-refractivity contribution is -0.138. The van der Waals surface area contributed by atoms with Crippen LogP contribution in [0.4, 0.5) is 0 Å². The van der Waals surface area contributed by atoms with Gasteiger partial charge in [0.05, 0.1) is 23.9 Å². The molecule has 6 heteroatoms. The van der Waals surface area contributed by atoms with Gasteiger partial charge < -0.3 is 9.84 Å². The third-order valence-electron chi connectivity index (χ3n) is 3.72. The van der Waals surface area contributed by atoms with Crippen molar-refractivity contribution in [2.45, 2.75) is 12.8 Å². The first-order chi connectivity index (χ1) is 10.5. The van der Waals surface area contributed by atoms with Gasteiger partial charge in [0, 0.05) is 6.20 Å². The molecule has 0 spiro atoms. The highest BCUT2D eigenvalue weighted by molar-refractivity contribution is 5.81. The molecule has 6 nitrogen and oxygen atoms in total. The van der Waals surface area contributed by atoms with Crippen LogP contribution in [0.3, 0.4) is 0 Å². The van der Waals surface area contributed by atoms with Gasteiger partial charge in [-0.15, -0.1) is 0 Å². The van der Waals surface area contributed by atoms with Crippen molar-refractivity contribution >= 4 is 22.5 Å². The third-order valence-corrected chi connectivity index (χ3v) is 3.72. The lowest BCUT2D eigenvalue weighted by atomic mass is 10.0. The van der Waals surface area contributed by atoms with Crippen LogP contribution in [-0.2, 0) is 4.79 Å². The van der Waals surface area contributed by atoms with E-state index in [1.165, 1.54) is 11.5 Å². The number of carbonyl (C=O) groups is 1. The third kappa shape index (κ3) is 2.18. The summed E-state index contributed by atoms with van der Waals surface area (Å²) in [5, 5.41) is 9.54. The summed E-state index contributed by atoms with van der Waals surface area (Å²) in [5.41, 5.74) is 1.36. The molecule has 3 rings (SSSR count). The van der Waals surface area contributed by atoms with Crippen molar-refractivity contribution in [3.63, 3.8) is 0 Å². The maximum absolute atomic E-state index is 12.5. The number of hydrogen-bond acceptors (Lipinski definition) is 4. The van der Waals surface area contributed by atoms with Gasteiger partial charge in [0.1, 0.15) is 11.4 Å². The highest BCUT2D eigenvalue weighted by atomic mass is 16.5. The van der Waals surface area contributed by atoms with E-state index in [1.807, 2.05) is 0 Å². The first-order valence-corrected chi connectivity index (χ1v) is 6.74. The number of methoxy groups -OCH3 is 1. The second-order valence-corrected chi connectivity index (χ2v) is 5.05. The van der Waals surface area contributed by atoms with E-state index in [0.717, 1.165) is 0 Å². The molecule has 1 N–H and O–H groups in total. The number of benzene rings is 1. The molecule has 2 aromatic heterocycles. The number of ether oxygens (including phenoxy) is 1. The van der Waals surface area contributed by atoms with Crippen LogP contribution in [0.1, 0.15) is 18.4 Å². The summed E-state index contributed by atoms with van der Waals surface area (Å²) in [7, 11) is 1.53. The number of nitrogens with zero attached hydrogens (tertiary/aromatic N) is 2. The minimum Gasteiger partial charge on any atom is -0.497 e. The number of carboxylic acid groups (broad SMARTS) is 1. The zero-order valence-electron chi connectivity index (χ0n) is 12.1. The van der Waals surface area contributed by atoms with Crippen LogP contribution in [0.15, 0.2) is 41.3 Å². The Morgan fingerprint density at radius 3 is 2.77 bits per heavy atom. The van der Waals surface area contributed by atoms with E-state index in [1.54, 1.807) is 43.5 Å². The Morgan fingerprint density at radius 1 is 1.32 bits per heavy atom. The van der Waals surface area contributed by atoms with Crippen molar-refractivity contribution in [1.82, 2.24) is 9.38 Å². The average Bonchev–Trinajstić information content (AvgIpc) is 2.53. The summed E-state index contributed by atoms with van der Waals surface area (Å²) in [6.07, 6.45) is 1.55. The molecule has 0 amide bonds. The van der Waals surface area contributed by atoms with Crippen molar-refractivity contribution in [3.05, 3.63) is 52.4 Å². The van der Waals surface area contributed by atoms with Crippen LogP contribution < -0.4 is 10.3 Å². The van der Waals surface area contributed by atoms with E-state index in [2.05, 4.69) is 4.98 Å². The summed E-state index contributed by atoms with van der Waals surface area (Å²) in [6.45, 7) is 1.60. The molecule has 112 valence electrons. The maximum Gasteiger partial charge on any atom is 0.310 e. The van der Waals surface area contributed by atoms with Crippen LogP contribution in [-0.4, -0.2) is 27.6 Å². The molecule has 0 saturated heterocycles. The van der Waals surface area contributed by atoms with E-state index >= 15 is 0 Å². The fraction of sp³-hybridized carbons (Fsp3) is 0.188. The van der Waals surface area contributed by atoms with Crippen LogP contribution in [0, 0.1) is 0 Å². The first-order valence-electron chi connectivity index (χ1n) is 6.74. The molecular formula is C16H14N2O4. The highest BCUT2D eigenvalue weighted by Gasteiger charge is 2.15. The molecule has 0 aliphatic heterocycles. The summed E-state index contributed by atoms with van der Waals surface area (Å²) in [6, 6.07) is 8.34. The molecule has 22 heavy (non-hydrogen) atoms. The van der Waals surface area contributed by atoms with E-state index in [9.17, 15) is 9.59 Å². The SMILES string of the molecule is COc1ccc2nc3cc(C(C)C(=O)O)ccn3c(=O)c2c1. The predicted octanol–water partition coefficient (Wildman–Crippen LogP) is 2.04. The normalized spacial score (nSPS) is 12.5. The Hall–Kier alpha value is -2.89. The minimum atomic E-state index is -0.919. The molecule has 1 atom stereocenters. The molecule has 0 aliphatic rings. The molecule has 1 aromatic carbocycles. The zero-order chi connectivity index (χ0) is 15.9. The van der Waals surface area contributed by atoms with Gasteiger partial charge in [0.15, 0.2) is 0 Å². The zero-order valence-corrected chi connectivity index (χ0v) is 12.1. The van der Waals surface area contributed by atoms with Gasteiger partial charge in [0.25, 0.3) is 5.56 Å². The molecule has 0 fully saturated rings. The summed E-state index contributed by atoms with van der Waals surface area (Å²) >= 11 is 0. The van der Waals surface area contributed by atoms with Crippen molar-refractivity contribution in [1.29, 1.82) is 0 Å². The molecule has 2 heterocycles. The second-order valence-electron chi connectivity index (χ2n) is 5.05. The van der Waals surface area contributed by atoms with Crippen LogP contribution in [0.25, 0.3) is 16.6 Å². The predicted molar refractivity (Wildman–Crippen MR) is 81.6 cm³/mol. The largest absolute Gasteiger partial charge is 0.497 e. The number of fused-ring (bicyclic) bond motifs is 2. The highest BCUT2D eigenvalue weighted by Crippen LogP contribution is 2.20. The smallest absolute Gasteiger partial charge is 0.310 e. The Labute approximate surface area is 125 Å². The van der Waals surface area contributed by atoms with Gasteiger partial charge in [-0.05, 0) is 42.8 Å². The first kappa shape index (κ1) is 14.1. The second kappa shape index (κ2) is 5.14. The number of aromatic nitrogens is 2. The van der Waals surface area contributed by atoms with Crippen molar-refractivity contribution in [2.24, 2.45) is 0 Å². The molecular weight excluding hydrogens is 284 g/mol. The van der Waals surface area contributed by atoms with E-state index in [-0.39, 0.29) is 5.56 Å². The molecule has 3 aromatic rings. The Morgan fingerprint density at radius 2 is 2.09 bits per heavy atom. The number of hydrogen-bond donors (Lipinski definition) is 1. The summed E-state index contributed by atoms with van der Waals surface area (Å²) in [5.74, 6) is -0.992. The van der Waals surface area contributed by atoms with E-state index in [4.69, 9.17) is 9.84 Å². The fourth-order valence-electron chi connectivity index (χ4n) is 2.34. The van der Waals surface area contributed by atoms with Crippen LogP contribution >= 0.6 is 0 Å². The quantitative estimate of drug-likeness (QED) is 0.748. The number of carboxylic acids is 1. The number of rotatable bonds is 3. The van der Waals surface area contributed by atoms with E-state index < -0.39 is 11.9 Å². The van der Waals surface area contributed by atoms with Crippen molar-refractivity contribution in [3.8, 4) is 5.75 Å². The fourth-order valence-corrected chi connectivity index (χ4v) is 2.34. The van der Waals surface area contributed by atoms with Gasteiger partial charge in [-0.1, -0.05) is 0 Å². The lowest BCUT2D eigenvalue weighted by Gasteiger charge is -2.09. The van der Waals surface area contributed by atoms with Crippen LogP contribution in [0.5, 0.6) is 5.75 Å². The lowest BCUT2D eigenvalue weighted by Crippen LogP contribution is -2.16. The molecule has 0 radical (unpaired) electrons. The van der Waals surface area contributed by atoms with E-state index in [0.29, 0.717) is 27.9 Å². The topological polar surface area (TPSA) is 80.9 Å². The summed E-state index contributed by atoms with van der Waals surface area (Å²) in [4.78, 5) is 28.0. The van der Waals surface area contributed by atoms with Gasteiger partial charge in [0.2, 0.25) is 0 Å².